The van der Waals surface area contributed by atoms with Crippen molar-refractivity contribution in [2.24, 2.45) is 5.92 Å². The maximum atomic E-state index is 12.4. The number of hydrogen-bond donors (Lipinski definition) is 0. The Kier molecular flexibility index (Phi) is 5.44. The zero-order valence-electron chi connectivity index (χ0n) is 11.9. The maximum Gasteiger partial charge on any atom is 0.166 e. The van der Waals surface area contributed by atoms with Crippen molar-refractivity contribution in [1.29, 1.82) is 0 Å². The second kappa shape index (κ2) is 7.32. The standard InChI is InChI=1S/C17H24O2/c1-2-19-17-12-8-7-11-15(17)16(18)13-14-9-5-3-4-6-10-14/h7-8,11-12,14H,2-6,9-10,13H2,1H3. The van der Waals surface area contributed by atoms with Crippen molar-refractivity contribution in [2.45, 2.75) is 51.9 Å². The SMILES string of the molecule is CCOc1ccccc1C(=O)CC1CCCCCC1. The lowest BCUT2D eigenvalue weighted by Gasteiger charge is -2.14. The maximum absolute atomic E-state index is 12.4. The van der Waals surface area contributed by atoms with Gasteiger partial charge in [0.2, 0.25) is 0 Å². The highest BCUT2D eigenvalue weighted by molar-refractivity contribution is 5.98. The molecule has 1 saturated carbocycles. The van der Waals surface area contributed by atoms with Crippen LogP contribution in [0.5, 0.6) is 5.75 Å². The molecule has 0 unspecified atom stereocenters. The molecule has 0 radical (unpaired) electrons. The topological polar surface area (TPSA) is 26.3 Å². The second-order valence-electron chi connectivity index (χ2n) is 5.41. The number of rotatable bonds is 5. The molecule has 1 aliphatic carbocycles. The molecule has 0 N–H and O–H groups in total. The first-order valence-electron chi connectivity index (χ1n) is 7.56. The first-order valence-corrected chi connectivity index (χ1v) is 7.56. The smallest absolute Gasteiger partial charge is 0.166 e. The predicted octanol–water partition coefficient (Wildman–Crippen LogP) is 4.63. The van der Waals surface area contributed by atoms with Gasteiger partial charge in [-0.15, -0.1) is 0 Å². The summed E-state index contributed by atoms with van der Waals surface area (Å²) < 4.78 is 5.55. The van der Waals surface area contributed by atoms with E-state index >= 15 is 0 Å². The van der Waals surface area contributed by atoms with Gasteiger partial charge in [-0.1, -0.05) is 50.7 Å². The molecule has 0 spiro atoms. The Bertz CT molecular complexity index is 403. The number of carbonyl (C=O) groups is 1. The molecule has 2 heteroatoms. The van der Waals surface area contributed by atoms with Crippen LogP contribution in [0, 0.1) is 5.92 Å². The summed E-state index contributed by atoms with van der Waals surface area (Å²) in [5.74, 6) is 1.56. The molecular formula is C17H24O2. The summed E-state index contributed by atoms with van der Waals surface area (Å²) in [7, 11) is 0. The van der Waals surface area contributed by atoms with Crippen molar-refractivity contribution in [3.8, 4) is 5.75 Å². The van der Waals surface area contributed by atoms with Gasteiger partial charge in [0, 0.05) is 6.42 Å². The third-order valence-corrected chi connectivity index (χ3v) is 3.94. The molecule has 1 aromatic carbocycles. The van der Waals surface area contributed by atoms with Crippen LogP contribution in [0.15, 0.2) is 24.3 Å². The van der Waals surface area contributed by atoms with E-state index in [0.29, 0.717) is 18.9 Å². The number of para-hydroxylation sites is 1. The van der Waals surface area contributed by atoms with Crippen LogP contribution in [-0.4, -0.2) is 12.4 Å². The summed E-state index contributed by atoms with van der Waals surface area (Å²) >= 11 is 0. The molecule has 0 saturated heterocycles. The molecule has 2 nitrogen and oxygen atoms in total. The lowest BCUT2D eigenvalue weighted by atomic mass is 9.92. The van der Waals surface area contributed by atoms with E-state index in [0.717, 1.165) is 11.3 Å². The molecule has 0 aromatic heterocycles. The lowest BCUT2D eigenvalue weighted by molar-refractivity contribution is 0.0953. The average molecular weight is 260 g/mol. The number of ether oxygens (including phenoxy) is 1. The quantitative estimate of drug-likeness (QED) is 0.570. The summed E-state index contributed by atoms with van der Waals surface area (Å²) in [5.41, 5.74) is 0.758. The van der Waals surface area contributed by atoms with E-state index in [4.69, 9.17) is 4.74 Å². The van der Waals surface area contributed by atoms with E-state index in [9.17, 15) is 4.79 Å². The van der Waals surface area contributed by atoms with Crippen molar-refractivity contribution < 1.29 is 9.53 Å². The van der Waals surface area contributed by atoms with Crippen molar-refractivity contribution in [1.82, 2.24) is 0 Å². The number of hydrogen-bond acceptors (Lipinski definition) is 2. The molecule has 1 aliphatic rings. The third-order valence-electron chi connectivity index (χ3n) is 3.94. The molecule has 0 atom stereocenters. The van der Waals surface area contributed by atoms with Gasteiger partial charge in [0.05, 0.1) is 12.2 Å². The van der Waals surface area contributed by atoms with Gasteiger partial charge in [0.25, 0.3) is 0 Å². The molecule has 0 heterocycles. The predicted molar refractivity (Wildman–Crippen MR) is 77.8 cm³/mol. The van der Waals surface area contributed by atoms with E-state index < -0.39 is 0 Å². The van der Waals surface area contributed by atoms with Gasteiger partial charge in [0.1, 0.15) is 5.75 Å². The van der Waals surface area contributed by atoms with Gasteiger partial charge in [-0.3, -0.25) is 4.79 Å². The number of Topliss-reactive ketones (excluding diaryl/α,β-unsaturated/α-hetero) is 1. The third kappa shape index (κ3) is 4.09. The van der Waals surface area contributed by atoms with Crippen molar-refractivity contribution in [2.75, 3.05) is 6.61 Å². The fourth-order valence-electron chi connectivity index (χ4n) is 2.92. The van der Waals surface area contributed by atoms with Crippen LogP contribution in [0.3, 0.4) is 0 Å². The summed E-state index contributed by atoms with van der Waals surface area (Å²) in [5, 5.41) is 0. The van der Waals surface area contributed by atoms with Gasteiger partial charge in [-0.25, -0.2) is 0 Å². The molecule has 0 aliphatic heterocycles. The van der Waals surface area contributed by atoms with Crippen LogP contribution in [0.2, 0.25) is 0 Å². The summed E-state index contributed by atoms with van der Waals surface area (Å²) in [6.07, 6.45) is 8.34. The highest BCUT2D eigenvalue weighted by Crippen LogP contribution is 2.28. The van der Waals surface area contributed by atoms with Crippen molar-refractivity contribution >= 4 is 5.78 Å². The van der Waals surface area contributed by atoms with Gasteiger partial charge in [-0.2, -0.15) is 0 Å². The summed E-state index contributed by atoms with van der Waals surface area (Å²) in [6.45, 7) is 2.56. The summed E-state index contributed by atoms with van der Waals surface area (Å²) in [4.78, 5) is 12.4. The van der Waals surface area contributed by atoms with Gasteiger partial charge < -0.3 is 4.74 Å². The Hall–Kier alpha value is -1.31. The minimum Gasteiger partial charge on any atom is -0.493 e. The molecule has 1 aromatic rings. The molecule has 104 valence electrons. The van der Waals surface area contributed by atoms with Crippen molar-refractivity contribution in [3.63, 3.8) is 0 Å². The molecule has 0 bridgehead atoms. The molecule has 1 fully saturated rings. The normalized spacial score (nSPS) is 16.9. The summed E-state index contributed by atoms with van der Waals surface area (Å²) in [6, 6.07) is 7.63. The Balaban J connectivity index is 2.02. The van der Waals surface area contributed by atoms with E-state index in [1.807, 2.05) is 31.2 Å². The number of carbonyl (C=O) groups excluding carboxylic acids is 1. The van der Waals surface area contributed by atoms with Crippen LogP contribution in [-0.2, 0) is 0 Å². The lowest BCUT2D eigenvalue weighted by Crippen LogP contribution is -2.10. The molecule has 2 rings (SSSR count). The fraction of sp³-hybridized carbons (Fsp3) is 0.588. The molecule has 0 amide bonds. The molecule has 19 heavy (non-hydrogen) atoms. The Morgan fingerprint density at radius 2 is 1.84 bits per heavy atom. The van der Waals surface area contributed by atoms with E-state index in [1.54, 1.807) is 0 Å². The first kappa shape index (κ1) is 14.1. The van der Waals surface area contributed by atoms with E-state index in [2.05, 4.69) is 0 Å². The second-order valence-corrected chi connectivity index (χ2v) is 5.41. The van der Waals surface area contributed by atoms with Gasteiger partial charge in [0.15, 0.2) is 5.78 Å². The van der Waals surface area contributed by atoms with Crippen LogP contribution in [0.25, 0.3) is 0 Å². The number of benzene rings is 1. The average Bonchev–Trinajstić information content (AvgIpc) is 2.68. The van der Waals surface area contributed by atoms with Crippen LogP contribution >= 0.6 is 0 Å². The van der Waals surface area contributed by atoms with Crippen molar-refractivity contribution in [3.05, 3.63) is 29.8 Å². The Morgan fingerprint density at radius 3 is 2.53 bits per heavy atom. The van der Waals surface area contributed by atoms with Crippen LogP contribution in [0.1, 0.15) is 62.2 Å². The monoisotopic (exact) mass is 260 g/mol. The minimum absolute atomic E-state index is 0.246. The largest absolute Gasteiger partial charge is 0.493 e. The van der Waals surface area contributed by atoms with Gasteiger partial charge >= 0.3 is 0 Å². The van der Waals surface area contributed by atoms with Gasteiger partial charge in [-0.05, 0) is 25.0 Å². The van der Waals surface area contributed by atoms with E-state index in [-0.39, 0.29) is 5.78 Å². The van der Waals surface area contributed by atoms with E-state index in [1.165, 1.54) is 38.5 Å². The highest BCUT2D eigenvalue weighted by atomic mass is 16.5. The first-order chi connectivity index (χ1) is 9.31. The zero-order valence-corrected chi connectivity index (χ0v) is 11.9. The minimum atomic E-state index is 0.246. The Labute approximate surface area is 116 Å². The zero-order chi connectivity index (χ0) is 13.5. The Morgan fingerprint density at radius 1 is 1.16 bits per heavy atom. The number of ketones is 1. The molecular weight excluding hydrogens is 236 g/mol. The fourth-order valence-corrected chi connectivity index (χ4v) is 2.92. The highest BCUT2D eigenvalue weighted by Gasteiger charge is 2.19. The van der Waals surface area contributed by atoms with Crippen LogP contribution < -0.4 is 4.74 Å². The van der Waals surface area contributed by atoms with Crippen LogP contribution in [0.4, 0.5) is 0 Å².